The van der Waals surface area contributed by atoms with Crippen LogP contribution in [-0.4, -0.2) is 78.8 Å². The second-order valence-corrected chi connectivity index (χ2v) is 6.44. The smallest absolute Gasteiger partial charge is 0.317 e. The van der Waals surface area contributed by atoms with Crippen LogP contribution in [0.1, 0.15) is 20.3 Å². The van der Waals surface area contributed by atoms with E-state index in [1.54, 1.807) is 4.90 Å². The zero-order valence-corrected chi connectivity index (χ0v) is 12.4. The fourth-order valence-corrected chi connectivity index (χ4v) is 3.89. The standard InChI is InChI=1S/C11H23N3O4S/c1-3-13(4-2)19(17,18)14-7-5-6-12(8-9-14)10-11(15)16/h3-10H2,1-2H3,(H,15,16). The molecule has 1 rings (SSSR count). The van der Waals surface area contributed by atoms with E-state index in [1.807, 2.05) is 13.8 Å². The quantitative estimate of drug-likeness (QED) is 0.725. The average molecular weight is 293 g/mol. The van der Waals surface area contributed by atoms with Crippen molar-refractivity contribution >= 4 is 16.2 Å². The number of carbonyl (C=O) groups is 1. The van der Waals surface area contributed by atoms with Crippen LogP contribution >= 0.6 is 0 Å². The molecule has 0 atom stereocenters. The number of carboxylic acid groups (broad SMARTS) is 1. The van der Waals surface area contributed by atoms with Crippen LogP contribution in [0.2, 0.25) is 0 Å². The van der Waals surface area contributed by atoms with Crippen LogP contribution in [-0.2, 0) is 15.0 Å². The maximum Gasteiger partial charge on any atom is 0.317 e. The van der Waals surface area contributed by atoms with Crippen LogP contribution in [0.5, 0.6) is 0 Å². The van der Waals surface area contributed by atoms with E-state index in [2.05, 4.69) is 0 Å². The molecule has 1 fully saturated rings. The molecule has 1 saturated heterocycles. The monoisotopic (exact) mass is 293 g/mol. The van der Waals surface area contributed by atoms with Gasteiger partial charge in [-0.25, -0.2) is 0 Å². The van der Waals surface area contributed by atoms with Crippen molar-refractivity contribution in [3.63, 3.8) is 0 Å². The topological polar surface area (TPSA) is 81.2 Å². The van der Waals surface area contributed by atoms with Crippen LogP contribution < -0.4 is 0 Å². The third-order valence-corrected chi connectivity index (χ3v) is 5.45. The Morgan fingerprint density at radius 1 is 1.16 bits per heavy atom. The van der Waals surface area contributed by atoms with Gasteiger partial charge in [-0.05, 0) is 6.42 Å². The van der Waals surface area contributed by atoms with E-state index in [9.17, 15) is 13.2 Å². The molecule has 0 saturated carbocycles. The Balaban J connectivity index is 2.68. The van der Waals surface area contributed by atoms with E-state index >= 15 is 0 Å². The maximum absolute atomic E-state index is 12.3. The molecule has 0 radical (unpaired) electrons. The van der Waals surface area contributed by atoms with Crippen molar-refractivity contribution in [3.05, 3.63) is 0 Å². The van der Waals surface area contributed by atoms with Gasteiger partial charge >= 0.3 is 5.97 Å². The fraction of sp³-hybridized carbons (Fsp3) is 0.909. The minimum atomic E-state index is -3.41. The summed E-state index contributed by atoms with van der Waals surface area (Å²) in [6, 6.07) is 0. The zero-order valence-electron chi connectivity index (χ0n) is 11.6. The summed E-state index contributed by atoms with van der Waals surface area (Å²) < 4.78 is 27.6. The first-order valence-corrected chi connectivity index (χ1v) is 8.00. The molecule has 7 nitrogen and oxygen atoms in total. The van der Waals surface area contributed by atoms with Gasteiger partial charge < -0.3 is 5.11 Å². The predicted molar refractivity (Wildman–Crippen MR) is 72.1 cm³/mol. The highest BCUT2D eigenvalue weighted by Gasteiger charge is 2.29. The van der Waals surface area contributed by atoms with E-state index in [0.717, 1.165) is 0 Å². The Labute approximate surface area is 115 Å². The summed E-state index contributed by atoms with van der Waals surface area (Å²) in [7, 11) is -3.41. The maximum atomic E-state index is 12.3. The fourth-order valence-electron chi connectivity index (χ4n) is 2.24. The van der Waals surface area contributed by atoms with Gasteiger partial charge in [-0.15, -0.1) is 0 Å². The highest BCUT2D eigenvalue weighted by molar-refractivity contribution is 7.86. The van der Waals surface area contributed by atoms with Gasteiger partial charge in [0.15, 0.2) is 0 Å². The number of rotatable bonds is 6. The summed E-state index contributed by atoms with van der Waals surface area (Å²) >= 11 is 0. The number of hydrogen-bond donors (Lipinski definition) is 1. The van der Waals surface area contributed by atoms with E-state index in [-0.39, 0.29) is 6.54 Å². The van der Waals surface area contributed by atoms with Crippen LogP contribution in [0.3, 0.4) is 0 Å². The Bertz CT molecular complexity index is 395. The third-order valence-electron chi connectivity index (χ3n) is 3.26. The normalized spacial score (nSPS) is 19.5. The summed E-state index contributed by atoms with van der Waals surface area (Å²) in [5, 5.41) is 8.77. The van der Waals surface area contributed by atoms with Crippen LogP contribution in [0, 0.1) is 0 Å². The van der Waals surface area contributed by atoms with Crippen molar-refractivity contribution in [1.82, 2.24) is 13.5 Å². The van der Waals surface area contributed by atoms with Gasteiger partial charge in [0.1, 0.15) is 0 Å². The van der Waals surface area contributed by atoms with Crippen LogP contribution in [0.4, 0.5) is 0 Å². The summed E-state index contributed by atoms with van der Waals surface area (Å²) in [4.78, 5) is 12.5. The first-order chi connectivity index (χ1) is 8.91. The van der Waals surface area contributed by atoms with Gasteiger partial charge in [-0.3, -0.25) is 9.69 Å². The largest absolute Gasteiger partial charge is 0.480 e. The first kappa shape index (κ1) is 16.4. The lowest BCUT2D eigenvalue weighted by Crippen LogP contribution is -2.45. The summed E-state index contributed by atoms with van der Waals surface area (Å²) in [6.45, 7) is 6.40. The number of carboxylic acids is 1. The van der Waals surface area contributed by atoms with E-state index < -0.39 is 16.2 Å². The first-order valence-electron chi connectivity index (χ1n) is 6.61. The lowest BCUT2D eigenvalue weighted by molar-refractivity contribution is -0.138. The van der Waals surface area contributed by atoms with Crippen LogP contribution in [0.25, 0.3) is 0 Å². The second kappa shape index (κ2) is 7.18. The highest BCUT2D eigenvalue weighted by Crippen LogP contribution is 2.12. The SMILES string of the molecule is CCN(CC)S(=O)(=O)N1CCCN(CC(=O)O)CC1. The number of nitrogens with zero attached hydrogens (tertiary/aromatic N) is 3. The molecule has 0 spiro atoms. The molecule has 1 N–H and O–H groups in total. The highest BCUT2D eigenvalue weighted by atomic mass is 32.2. The molecule has 1 aliphatic rings. The van der Waals surface area contributed by atoms with Gasteiger partial charge in [0.2, 0.25) is 0 Å². The second-order valence-electron chi connectivity index (χ2n) is 4.51. The molecule has 0 bridgehead atoms. The molecule has 1 aliphatic heterocycles. The van der Waals surface area contributed by atoms with Gasteiger partial charge in [0.05, 0.1) is 6.54 Å². The molecule has 0 aliphatic carbocycles. The molecule has 19 heavy (non-hydrogen) atoms. The van der Waals surface area contributed by atoms with Gasteiger partial charge in [0.25, 0.3) is 10.2 Å². The molecule has 1 heterocycles. The molecule has 0 aromatic carbocycles. The van der Waals surface area contributed by atoms with E-state index in [0.29, 0.717) is 45.7 Å². The molecule has 8 heteroatoms. The van der Waals surface area contributed by atoms with E-state index in [4.69, 9.17) is 5.11 Å². The molecule has 0 unspecified atom stereocenters. The van der Waals surface area contributed by atoms with E-state index in [1.165, 1.54) is 8.61 Å². The minimum Gasteiger partial charge on any atom is -0.480 e. The van der Waals surface area contributed by atoms with Crippen molar-refractivity contribution in [2.24, 2.45) is 0 Å². The van der Waals surface area contributed by atoms with Crippen molar-refractivity contribution in [2.45, 2.75) is 20.3 Å². The Morgan fingerprint density at radius 3 is 2.32 bits per heavy atom. The Morgan fingerprint density at radius 2 is 1.79 bits per heavy atom. The molecule has 112 valence electrons. The van der Waals surface area contributed by atoms with Crippen molar-refractivity contribution in [1.29, 1.82) is 0 Å². The third kappa shape index (κ3) is 4.41. The van der Waals surface area contributed by atoms with Gasteiger partial charge in [-0.1, -0.05) is 13.8 Å². The summed E-state index contributed by atoms with van der Waals surface area (Å²) in [6.07, 6.45) is 0.660. The lowest BCUT2D eigenvalue weighted by Gasteiger charge is -2.27. The molecule has 0 aromatic rings. The number of aliphatic carboxylic acids is 1. The Kier molecular flexibility index (Phi) is 6.18. The Hall–Kier alpha value is -0.700. The van der Waals surface area contributed by atoms with Gasteiger partial charge in [0, 0.05) is 39.3 Å². The average Bonchev–Trinajstić information content (AvgIpc) is 2.55. The van der Waals surface area contributed by atoms with Crippen LogP contribution in [0.15, 0.2) is 0 Å². The number of hydrogen-bond acceptors (Lipinski definition) is 4. The van der Waals surface area contributed by atoms with Gasteiger partial charge in [-0.2, -0.15) is 17.0 Å². The van der Waals surface area contributed by atoms with Crippen molar-refractivity contribution in [3.8, 4) is 0 Å². The predicted octanol–water partition coefficient (Wildman–Crippen LogP) is -0.335. The lowest BCUT2D eigenvalue weighted by atomic mass is 10.4. The summed E-state index contributed by atoms with van der Waals surface area (Å²) in [5.74, 6) is -0.875. The molecule has 0 aromatic heterocycles. The molecular formula is C11H23N3O4S. The molecular weight excluding hydrogens is 270 g/mol. The zero-order chi connectivity index (χ0) is 14.5. The van der Waals surface area contributed by atoms with Crippen molar-refractivity contribution < 1.29 is 18.3 Å². The van der Waals surface area contributed by atoms with Crippen molar-refractivity contribution in [2.75, 3.05) is 45.8 Å². The minimum absolute atomic E-state index is 0.0286. The molecule has 0 amide bonds. The summed E-state index contributed by atoms with van der Waals surface area (Å²) in [5.41, 5.74) is 0.